The van der Waals surface area contributed by atoms with Crippen LogP contribution in [0.4, 0.5) is 5.95 Å². The van der Waals surface area contributed by atoms with Gasteiger partial charge in [0.05, 0.1) is 0 Å². The summed E-state index contributed by atoms with van der Waals surface area (Å²) in [7, 11) is -1.83. The van der Waals surface area contributed by atoms with E-state index in [-0.39, 0.29) is 0 Å². The summed E-state index contributed by atoms with van der Waals surface area (Å²) in [6.07, 6.45) is 0. The zero-order valence-corrected chi connectivity index (χ0v) is 13.8. The Morgan fingerprint density at radius 3 is 2.52 bits per heavy atom. The van der Waals surface area contributed by atoms with Crippen LogP contribution in [0.1, 0.15) is 11.4 Å². The summed E-state index contributed by atoms with van der Waals surface area (Å²) in [5, 5.41) is 4.80. The van der Waals surface area contributed by atoms with Crippen molar-refractivity contribution in [3.63, 3.8) is 0 Å². The highest BCUT2D eigenvalue weighted by Crippen LogP contribution is 2.19. The molecule has 0 saturated carbocycles. The Morgan fingerprint density at radius 1 is 1.29 bits per heavy atom. The molecular formula is C13H18N4O2S2. The van der Waals surface area contributed by atoms with Gasteiger partial charge in [0.1, 0.15) is 4.21 Å². The number of likely N-dealkylation sites (N-methyl/N-ethyl adjacent to an activating group) is 1. The minimum Gasteiger partial charge on any atom is -0.353 e. The number of nitrogens with zero attached hydrogens (tertiary/aromatic N) is 3. The molecule has 8 heteroatoms. The van der Waals surface area contributed by atoms with Crippen LogP contribution in [-0.2, 0) is 10.0 Å². The van der Waals surface area contributed by atoms with Crippen LogP contribution >= 0.6 is 11.3 Å². The second-order valence-electron chi connectivity index (χ2n) is 4.66. The van der Waals surface area contributed by atoms with Crippen molar-refractivity contribution in [2.24, 2.45) is 0 Å². The summed E-state index contributed by atoms with van der Waals surface area (Å²) < 4.78 is 26.1. The normalized spacial score (nSPS) is 11.8. The lowest BCUT2D eigenvalue weighted by molar-refractivity contribution is 0.482. The van der Waals surface area contributed by atoms with Crippen LogP contribution in [0.15, 0.2) is 27.8 Å². The minimum atomic E-state index is -3.40. The average Bonchev–Trinajstić information content (AvgIpc) is 2.91. The monoisotopic (exact) mass is 326 g/mol. The third-order valence-electron chi connectivity index (χ3n) is 2.85. The van der Waals surface area contributed by atoms with Gasteiger partial charge in [-0.25, -0.2) is 18.4 Å². The van der Waals surface area contributed by atoms with Crippen molar-refractivity contribution in [3.05, 3.63) is 35.0 Å². The van der Waals surface area contributed by atoms with Crippen LogP contribution in [0.25, 0.3) is 0 Å². The Hall–Kier alpha value is -1.51. The van der Waals surface area contributed by atoms with E-state index in [9.17, 15) is 8.42 Å². The first kappa shape index (κ1) is 15.9. The van der Waals surface area contributed by atoms with E-state index in [1.165, 1.54) is 15.6 Å². The molecule has 2 aromatic heterocycles. The molecule has 0 bridgehead atoms. The number of rotatable bonds is 6. The predicted molar refractivity (Wildman–Crippen MR) is 84.1 cm³/mol. The lowest BCUT2D eigenvalue weighted by Crippen LogP contribution is -2.31. The molecule has 114 valence electrons. The van der Waals surface area contributed by atoms with Crippen molar-refractivity contribution in [1.82, 2.24) is 14.3 Å². The van der Waals surface area contributed by atoms with Crippen LogP contribution in [0, 0.1) is 13.8 Å². The Bertz CT molecular complexity index is 679. The van der Waals surface area contributed by atoms with E-state index >= 15 is 0 Å². The highest BCUT2D eigenvalue weighted by Gasteiger charge is 2.21. The average molecular weight is 326 g/mol. The van der Waals surface area contributed by atoms with Gasteiger partial charge in [-0.2, -0.15) is 4.31 Å². The number of thiophene rings is 1. The fourth-order valence-corrected chi connectivity index (χ4v) is 4.19. The Labute approximate surface area is 128 Å². The van der Waals surface area contributed by atoms with Gasteiger partial charge in [-0.3, -0.25) is 0 Å². The third-order valence-corrected chi connectivity index (χ3v) is 6.08. The van der Waals surface area contributed by atoms with Gasteiger partial charge in [0.15, 0.2) is 0 Å². The van der Waals surface area contributed by atoms with Crippen molar-refractivity contribution >= 4 is 27.3 Å². The molecule has 2 heterocycles. The first-order valence-electron chi connectivity index (χ1n) is 6.45. The molecule has 0 amide bonds. The van der Waals surface area contributed by atoms with E-state index in [0.29, 0.717) is 23.2 Å². The number of hydrogen-bond donors (Lipinski definition) is 1. The molecule has 0 fully saturated rings. The number of sulfonamides is 1. The van der Waals surface area contributed by atoms with E-state index in [4.69, 9.17) is 0 Å². The maximum atomic E-state index is 12.2. The van der Waals surface area contributed by atoms with E-state index in [1.54, 1.807) is 24.6 Å². The van der Waals surface area contributed by atoms with Gasteiger partial charge in [-0.05, 0) is 31.4 Å². The molecule has 0 radical (unpaired) electrons. The van der Waals surface area contributed by atoms with E-state index in [1.807, 2.05) is 19.9 Å². The maximum Gasteiger partial charge on any atom is 0.252 e. The van der Waals surface area contributed by atoms with Gasteiger partial charge in [-0.1, -0.05) is 6.07 Å². The number of nitrogens with one attached hydrogen (secondary N) is 1. The summed E-state index contributed by atoms with van der Waals surface area (Å²) in [4.78, 5) is 8.51. The predicted octanol–water partition coefficient (Wildman–Crippen LogP) is 1.89. The summed E-state index contributed by atoms with van der Waals surface area (Å²) in [6.45, 7) is 4.58. The molecule has 2 rings (SSSR count). The fraction of sp³-hybridized carbons (Fsp3) is 0.385. The van der Waals surface area contributed by atoms with Crippen molar-refractivity contribution in [1.29, 1.82) is 0 Å². The molecule has 0 aromatic carbocycles. The van der Waals surface area contributed by atoms with Crippen molar-refractivity contribution < 1.29 is 8.42 Å². The number of aryl methyl sites for hydroxylation is 2. The van der Waals surface area contributed by atoms with E-state index < -0.39 is 10.0 Å². The van der Waals surface area contributed by atoms with Crippen molar-refractivity contribution in [2.45, 2.75) is 18.1 Å². The smallest absolute Gasteiger partial charge is 0.252 e. The first-order valence-corrected chi connectivity index (χ1v) is 8.77. The van der Waals surface area contributed by atoms with Crippen LogP contribution in [0.2, 0.25) is 0 Å². The lowest BCUT2D eigenvalue weighted by atomic mass is 10.4. The number of anilines is 1. The largest absolute Gasteiger partial charge is 0.353 e. The van der Waals surface area contributed by atoms with Crippen LogP contribution < -0.4 is 5.32 Å². The lowest BCUT2D eigenvalue weighted by Gasteiger charge is -2.16. The molecule has 0 atom stereocenters. The summed E-state index contributed by atoms with van der Waals surface area (Å²) in [5.74, 6) is 0.523. The molecular weight excluding hydrogens is 308 g/mol. The summed E-state index contributed by atoms with van der Waals surface area (Å²) in [6, 6.07) is 5.22. The first-order chi connectivity index (χ1) is 9.89. The van der Waals surface area contributed by atoms with Gasteiger partial charge in [0, 0.05) is 31.5 Å². The highest BCUT2D eigenvalue weighted by atomic mass is 32.2. The Balaban J connectivity index is 1.94. The summed E-state index contributed by atoms with van der Waals surface area (Å²) in [5.41, 5.74) is 1.76. The molecule has 6 nitrogen and oxygen atoms in total. The van der Waals surface area contributed by atoms with Crippen molar-refractivity contribution in [3.8, 4) is 0 Å². The molecule has 0 aliphatic rings. The van der Waals surface area contributed by atoms with Gasteiger partial charge in [0.25, 0.3) is 10.0 Å². The van der Waals surface area contributed by atoms with Crippen LogP contribution in [-0.4, -0.2) is 42.8 Å². The van der Waals surface area contributed by atoms with Gasteiger partial charge < -0.3 is 5.32 Å². The second kappa shape index (κ2) is 6.50. The minimum absolute atomic E-state index is 0.344. The SMILES string of the molecule is Cc1cc(C)nc(NCCN(C)S(=O)(=O)c2cccs2)n1. The molecule has 0 aliphatic heterocycles. The maximum absolute atomic E-state index is 12.2. The summed E-state index contributed by atoms with van der Waals surface area (Å²) >= 11 is 1.22. The third kappa shape index (κ3) is 3.99. The van der Waals surface area contributed by atoms with Gasteiger partial charge in [0.2, 0.25) is 5.95 Å². The molecule has 1 N–H and O–H groups in total. The molecule has 0 unspecified atom stereocenters. The standard InChI is InChI=1S/C13H18N4O2S2/c1-10-9-11(2)16-13(15-10)14-6-7-17(3)21(18,19)12-5-4-8-20-12/h4-5,8-9H,6-7H2,1-3H3,(H,14,15,16). The Kier molecular flexibility index (Phi) is 4.92. The zero-order chi connectivity index (χ0) is 15.5. The quantitative estimate of drug-likeness (QED) is 0.877. The number of hydrogen-bond acceptors (Lipinski definition) is 6. The Morgan fingerprint density at radius 2 is 1.95 bits per heavy atom. The topological polar surface area (TPSA) is 75.2 Å². The number of aromatic nitrogens is 2. The fourth-order valence-electron chi connectivity index (χ4n) is 1.81. The second-order valence-corrected chi connectivity index (χ2v) is 7.88. The van der Waals surface area contributed by atoms with E-state index in [2.05, 4.69) is 15.3 Å². The molecule has 0 spiro atoms. The van der Waals surface area contributed by atoms with Gasteiger partial charge >= 0.3 is 0 Å². The van der Waals surface area contributed by atoms with E-state index in [0.717, 1.165) is 11.4 Å². The zero-order valence-electron chi connectivity index (χ0n) is 12.2. The molecule has 0 saturated heterocycles. The molecule has 21 heavy (non-hydrogen) atoms. The van der Waals surface area contributed by atoms with Crippen LogP contribution in [0.3, 0.4) is 0 Å². The molecule has 0 aliphatic carbocycles. The van der Waals surface area contributed by atoms with Gasteiger partial charge in [-0.15, -0.1) is 11.3 Å². The van der Waals surface area contributed by atoms with Crippen molar-refractivity contribution in [2.75, 3.05) is 25.5 Å². The highest BCUT2D eigenvalue weighted by molar-refractivity contribution is 7.91. The molecule has 2 aromatic rings. The van der Waals surface area contributed by atoms with Crippen LogP contribution in [0.5, 0.6) is 0 Å².